The molecule has 1 N–H and O–H groups in total. The summed E-state index contributed by atoms with van der Waals surface area (Å²) in [5, 5.41) is 3.89. The fourth-order valence-corrected chi connectivity index (χ4v) is 9.65. The molecule has 0 aliphatic carbocycles. The van der Waals surface area contributed by atoms with Crippen LogP contribution in [0.25, 0.3) is 45.0 Å². The Bertz CT molecular complexity index is 3070. The van der Waals surface area contributed by atoms with Crippen molar-refractivity contribution in [1.82, 2.24) is 29.1 Å². The number of aryl methyl sites for hydroxylation is 2. The molecule has 0 saturated carbocycles. The lowest BCUT2D eigenvalue weighted by atomic mass is 10.0. The van der Waals surface area contributed by atoms with Crippen molar-refractivity contribution < 1.29 is 31.9 Å². The highest BCUT2D eigenvalue weighted by Crippen LogP contribution is 2.42. The van der Waals surface area contributed by atoms with E-state index < -0.39 is 10.8 Å². The van der Waals surface area contributed by atoms with E-state index in [1.807, 2.05) is 72.9 Å². The summed E-state index contributed by atoms with van der Waals surface area (Å²) in [6, 6.07) is 36.8. The Morgan fingerprint density at radius 2 is 1.08 bits per heavy atom. The van der Waals surface area contributed by atoms with E-state index in [4.69, 9.17) is 28.9 Å². The Labute approximate surface area is 422 Å². The van der Waals surface area contributed by atoms with E-state index in [2.05, 4.69) is 37.4 Å². The van der Waals surface area contributed by atoms with Gasteiger partial charge in [0.25, 0.3) is 0 Å². The molecule has 72 heavy (non-hydrogen) atoms. The van der Waals surface area contributed by atoms with Crippen LogP contribution in [0.1, 0.15) is 68.5 Å². The number of aromatic nitrogens is 6. The van der Waals surface area contributed by atoms with Crippen LogP contribution in [-0.4, -0.2) is 73.5 Å². The van der Waals surface area contributed by atoms with Gasteiger partial charge in [0, 0.05) is 60.3 Å². The maximum absolute atomic E-state index is 13.7. The van der Waals surface area contributed by atoms with E-state index >= 15 is 0 Å². The number of hydrogen-bond donors (Lipinski definition) is 1. The van der Waals surface area contributed by atoms with Gasteiger partial charge in [-0.05, 0) is 127 Å². The van der Waals surface area contributed by atoms with Crippen molar-refractivity contribution in [2.75, 3.05) is 45.6 Å². The van der Waals surface area contributed by atoms with Gasteiger partial charge in [0.1, 0.15) is 45.6 Å². The Balaban J connectivity index is 0.000000190. The van der Waals surface area contributed by atoms with Gasteiger partial charge in [0.15, 0.2) is 0 Å². The van der Waals surface area contributed by atoms with Gasteiger partial charge >= 0.3 is 0 Å². The quantitative estimate of drug-likeness (QED) is 0.0887. The average Bonchev–Trinajstić information content (AvgIpc) is 4.19. The second kappa shape index (κ2) is 23.9. The number of halogens is 2. The number of methoxy groups -OCH3 is 2. The molecular formula is C57H61F2N7O5S. The van der Waals surface area contributed by atoms with Gasteiger partial charge in [0.2, 0.25) is 0 Å². The van der Waals surface area contributed by atoms with Gasteiger partial charge in [-0.25, -0.2) is 28.7 Å². The van der Waals surface area contributed by atoms with Crippen LogP contribution in [0.15, 0.2) is 139 Å². The molecule has 0 amide bonds. The van der Waals surface area contributed by atoms with Crippen LogP contribution in [0.3, 0.4) is 0 Å². The normalized spacial score (nSPS) is 14.9. The van der Waals surface area contributed by atoms with E-state index in [1.165, 1.54) is 24.3 Å². The molecule has 3 atom stereocenters. The fourth-order valence-electron chi connectivity index (χ4n) is 9.14. The highest BCUT2D eigenvalue weighted by molar-refractivity contribution is 7.84. The zero-order chi connectivity index (χ0) is 49.3. The molecule has 0 saturated heterocycles. The monoisotopic (exact) mass is 993 g/mol. The Hall–Kier alpha value is -7.07. The van der Waals surface area contributed by atoms with E-state index in [-0.39, 0.29) is 31.1 Å². The number of nitrogens with zero attached hydrogens (tertiary/aromatic N) is 6. The summed E-state index contributed by atoms with van der Waals surface area (Å²) in [4.78, 5) is 18.7. The number of imidazole rings is 2. The first-order valence-electron chi connectivity index (χ1n) is 23.8. The fraction of sp³-hybridized carbons (Fsp3) is 0.298. The molecule has 2 aliphatic heterocycles. The van der Waals surface area contributed by atoms with Crippen LogP contribution in [-0.2, 0) is 46.3 Å². The van der Waals surface area contributed by atoms with Crippen molar-refractivity contribution in [2.45, 2.75) is 76.8 Å². The van der Waals surface area contributed by atoms with E-state index in [0.29, 0.717) is 31.5 Å². The van der Waals surface area contributed by atoms with E-state index in [1.54, 1.807) is 50.9 Å². The van der Waals surface area contributed by atoms with Gasteiger partial charge in [-0.1, -0.05) is 38.6 Å². The molecule has 15 heteroatoms. The molecule has 0 spiro atoms. The number of benzene rings is 4. The van der Waals surface area contributed by atoms with Crippen molar-refractivity contribution in [3.05, 3.63) is 168 Å². The van der Waals surface area contributed by atoms with Crippen LogP contribution in [0.2, 0.25) is 0 Å². The second-order valence-corrected chi connectivity index (χ2v) is 18.8. The lowest BCUT2D eigenvalue weighted by molar-refractivity contribution is 0.0924. The van der Waals surface area contributed by atoms with Crippen molar-refractivity contribution in [3.63, 3.8) is 0 Å². The zero-order valence-corrected chi connectivity index (χ0v) is 41.1. The average molecular weight is 994 g/mol. The van der Waals surface area contributed by atoms with E-state index in [0.717, 1.165) is 124 Å². The largest absolute Gasteiger partial charge is 0.497 e. The van der Waals surface area contributed by atoms with Gasteiger partial charge in [-0.15, -0.1) is 0 Å². The number of nitrogens with one attached hydrogen (secondary N) is 1. The molecule has 0 fully saturated rings. The smallest absolute Gasteiger partial charge is 0.127 e. The number of ether oxygens (including phenoxy) is 4. The topological polar surface area (TPSA) is 127 Å². The van der Waals surface area contributed by atoms with Crippen molar-refractivity contribution in [1.29, 1.82) is 0 Å². The molecule has 374 valence electrons. The number of anilines is 1. The minimum Gasteiger partial charge on any atom is -0.497 e. The van der Waals surface area contributed by atoms with Crippen LogP contribution < -0.4 is 14.8 Å². The van der Waals surface area contributed by atoms with Gasteiger partial charge < -0.3 is 33.4 Å². The highest BCUT2D eigenvalue weighted by Gasteiger charge is 2.32. The third-order valence-corrected chi connectivity index (χ3v) is 13.5. The second-order valence-electron chi connectivity index (χ2n) is 17.5. The number of rotatable bonds is 18. The van der Waals surface area contributed by atoms with E-state index in [9.17, 15) is 13.0 Å². The summed E-state index contributed by atoms with van der Waals surface area (Å²) in [6.45, 7) is 5.13. The summed E-state index contributed by atoms with van der Waals surface area (Å²) in [6.07, 6.45) is 9.70. The minimum atomic E-state index is -1.21. The number of pyridine rings is 2. The molecule has 8 aromatic rings. The van der Waals surface area contributed by atoms with Crippen LogP contribution in [0, 0.1) is 11.6 Å². The summed E-state index contributed by atoms with van der Waals surface area (Å²) < 4.78 is 66.7. The summed E-state index contributed by atoms with van der Waals surface area (Å²) in [7, 11) is 2.10. The molecule has 0 radical (unpaired) electrons. The minimum absolute atomic E-state index is 0. The highest BCUT2D eigenvalue weighted by atomic mass is 32.2. The Morgan fingerprint density at radius 1 is 0.625 bits per heavy atom. The van der Waals surface area contributed by atoms with Crippen molar-refractivity contribution in [3.8, 4) is 56.5 Å². The molecule has 10 rings (SSSR count). The van der Waals surface area contributed by atoms with Gasteiger partial charge in [-0.2, -0.15) is 0 Å². The summed E-state index contributed by atoms with van der Waals surface area (Å²) in [5.41, 5.74) is 9.39. The van der Waals surface area contributed by atoms with Gasteiger partial charge in [-0.3, -0.25) is 4.21 Å². The summed E-state index contributed by atoms with van der Waals surface area (Å²) in [5.74, 6) is 3.93. The third kappa shape index (κ3) is 11.8. The first-order chi connectivity index (χ1) is 34.7. The molecule has 0 bridgehead atoms. The first-order valence-corrected chi connectivity index (χ1v) is 25.4. The predicted molar refractivity (Wildman–Crippen MR) is 280 cm³/mol. The van der Waals surface area contributed by atoms with Gasteiger partial charge in [0.05, 0.1) is 86.3 Å². The van der Waals surface area contributed by atoms with Crippen LogP contribution in [0.4, 0.5) is 14.6 Å². The van der Waals surface area contributed by atoms with Crippen molar-refractivity contribution in [2.24, 2.45) is 0 Å². The molecule has 1 unspecified atom stereocenters. The molecule has 4 aromatic heterocycles. The SMILES string of the molecule is C.CCCNc1cc(-c2c(-c3ccc(F)cc3)nc3n2[C@H](COCc2ccc(OC)cc2)CC3)ccn1.COc1ccc(COC[C@@H]2CCc3nc(-c4ccc(F)cc4)c(-c4ccnc(S(C)=O)c4)n32)cc1. The first kappa shape index (κ1) is 51.3. The standard InChI is InChI=1S/C29H31FN4O2.C27H26FN3O3S.CH4/c1-3-15-31-26-17-22(14-16-32-26)29-28(21-6-8-23(30)9-7-21)33-27-13-10-24(34(27)29)19-36-18-20-4-11-25(35-2)12-5-20;1-33-23-10-3-18(4-11-23)16-34-17-22-9-12-24-30-26(19-5-7-21(28)8-6-19)27(31(22)24)20-13-14-29-25(15-20)35(2)32;/h4-9,11-12,14,16-17,24H,3,10,13,15,18-19H2,1-2H3,(H,31,32);3-8,10-11,13-15,22H,9,12,16-17H2,1-2H3;1H4/t24-;22-,35?;/m00./s1. The Kier molecular flexibility index (Phi) is 17.0. The number of hydrogen-bond acceptors (Lipinski definition) is 10. The van der Waals surface area contributed by atoms with Crippen molar-refractivity contribution >= 4 is 16.6 Å². The molecular weight excluding hydrogens is 933 g/mol. The van der Waals surface area contributed by atoms with Crippen LogP contribution in [0.5, 0.6) is 11.5 Å². The maximum Gasteiger partial charge on any atom is 0.127 e. The molecule has 6 heterocycles. The number of fused-ring (bicyclic) bond motifs is 2. The maximum atomic E-state index is 13.7. The summed E-state index contributed by atoms with van der Waals surface area (Å²) >= 11 is 0. The van der Waals surface area contributed by atoms with Crippen LogP contribution >= 0.6 is 0 Å². The third-order valence-electron chi connectivity index (χ3n) is 12.7. The predicted octanol–water partition coefficient (Wildman–Crippen LogP) is 12.1. The lowest BCUT2D eigenvalue weighted by Crippen LogP contribution is -2.13. The molecule has 12 nitrogen and oxygen atoms in total. The molecule has 2 aliphatic rings. The lowest BCUT2D eigenvalue weighted by Gasteiger charge is -2.18. The molecule has 4 aromatic carbocycles. The Morgan fingerprint density at radius 3 is 1.53 bits per heavy atom. The zero-order valence-electron chi connectivity index (χ0n) is 40.3.